The van der Waals surface area contributed by atoms with Crippen LogP contribution in [0.4, 0.5) is 24.7 Å². The molecule has 2 N–H and O–H groups in total. The minimum Gasteiger partial charge on any atom is -0.497 e. The molecule has 10 heteroatoms. The number of methoxy groups -OCH3 is 1. The monoisotopic (exact) mass is 462 g/mol. The number of anilines is 2. The number of nitrogens with one attached hydrogen (secondary N) is 2. The first-order valence-electron chi connectivity index (χ1n) is 9.81. The first-order chi connectivity index (χ1) is 15.3. The summed E-state index contributed by atoms with van der Waals surface area (Å²) >= 11 is 1.46. The van der Waals surface area contributed by atoms with Gasteiger partial charge in [0.25, 0.3) is 5.91 Å². The summed E-state index contributed by atoms with van der Waals surface area (Å²) in [5.41, 5.74) is 1.29. The van der Waals surface area contributed by atoms with E-state index < -0.39 is 24.2 Å². The zero-order chi connectivity index (χ0) is 22.9. The number of halogens is 3. The lowest BCUT2D eigenvalue weighted by Gasteiger charge is -2.34. The van der Waals surface area contributed by atoms with Gasteiger partial charge in [-0.15, -0.1) is 11.8 Å². The third-order valence-corrected chi connectivity index (χ3v) is 6.15. The molecule has 0 aliphatic carbocycles. The minimum atomic E-state index is -4.52. The molecule has 32 heavy (non-hydrogen) atoms. The van der Waals surface area contributed by atoms with Crippen molar-refractivity contribution < 1.29 is 22.7 Å². The number of carbonyl (C=O) groups excluding carboxylic acids is 1. The molecule has 0 fully saturated rings. The molecule has 0 saturated carbocycles. The molecule has 0 radical (unpaired) electrons. The fraction of sp³-hybridized carbons (Fsp3) is 0.273. The van der Waals surface area contributed by atoms with Crippen molar-refractivity contribution in [1.29, 1.82) is 0 Å². The lowest BCUT2D eigenvalue weighted by Crippen LogP contribution is -2.36. The van der Waals surface area contributed by atoms with E-state index in [-0.39, 0.29) is 17.8 Å². The van der Waals surface area contributed by atoms with E-state index >= 15 is 0 Å². The number of nitrogens with zero attached hydrogens (tertiary/aromatic N) is 2. The van der Waals surface area contributed by atoms with E-state index in [1.807, 2.05) is 18.4 Å². The van der Waals surface area contributed by atoms with Gasteiger partial charge in [-0.05, 0) is 36.1 Å². The number of thioether (sulfide) groups is 1. The highest BCUT2D eigenvalue weighted by Gasteiger charge is 2.47. The summed E-state index contributed by atoms with van der Waals surface area (Å²) in [6.45, 7) is 0. The Morgan fingerprint density at radius 3 is 2.59 bits per heavy atom. The molecular weight excluding hydrogens is 441 g/mol. The van der Waals surface area contributed by atoms with E-state index in [1.165, 1.54) is 25.1 Å². The Labute approximate surface area is 187 Å². The van der Waals surface area contributed by atoms with E-state index in [9.17, 15) is 18.0 Å². The van der Waals surface area contributed by atoms with E-state index in [0.29, 0.717) is 17.0 Å². The quantitative estimate of drug-likeness (QED) is 0.489. The highest BCUT2D eigenvalue weighted by Crippen LogP contribution is 2.44. The number of fused-ring (bicyclic) bond motifs is 1. The van der Waals surface area contributed by atoms with Gasteiger partial charge in [0.15, 0.2) is 6.04 Å². The molecule has 6 nitrogen and oxygen atoms in total. The summed E-state index contributed by atoms with van der Waals surface area (Å²) in [5, 5.41) is 9.79. The lowest BCUT2D eigenvalue weighted by atomic mass is 9.96. The van der Waals surface area contributed by atoms with Crippen molar-refractivity contribution in [2.75, 3.05) is 24.0 Å². The van der Waals surface area contributed by atoms with E-state index in [4.69, 9.17) is 4.74 Å². The molecular formula is C22H21F3N4O2S. The maximum Gasteiger partial charge on any atom is 0.410 e. The van der Waals surface area contributed by atoms with Crippen LogP contribution in [0, 0.1) is 0 Å². The Morgan fingerprint density at radius 1 is 1.22 bits per heavy atom. The third kappa shape index (κ3) is 4.27. The maximum absolute atomic E-state index is 13.9. The van der Waals surface area contributed by atoms with Gasteiger partial charge in [-0.3, -0.25) is 4.79 Å². The van der Waals surface area contributed by atoms with E-state index in [2.05, 4.69) is 15.7 Å². The average Bonchev–Trinajstić information content (AvgIpc) is 3.22. The van der Waals surface area contributed by atoms with Crippen LogP contribution in [0.5, 0.6) is 5.75 Å². The zero-order valence-electron chi connectivity index (χ0n) is 17.3. The fourth-order valence-corrected chi connectivity index (χ4v) is 4.27. The maximum atomic E-state index is 13.9. The van der Waals surface area contributed by atoms with Gasteiger partial charge < -0.3 is 15.4 Å². The SMILES string of the molecule is COc1ccc([C@H]2C[C@H](C(F)(F)F)n3ncc(C(=O)Nc4ccccc4SC)c3N2)cc1. The van der Waals surface area contributed by atoms with Crippen LogP contribution < -0.4 is 15.4 Å². The number of ether oxygens (including phenoxy) is 1. The molecule has 168 valence electrons. The first-order valence-corrected chi connectivity index (χ1v) is 11.0. The number of benzene rings is 2. The van der Waals surface area contributed by atoms with Crippen LogP contribution in [0.1, 0.15) is 34.4 Å². The van der Waals surface area contributed by atoms with Crippen molar-refractivity contribution >= 4 is 29.2 Å². The van der Waals surface area contributed by atoms with E-state index in [0.717, 1.165) is 9.58 Å². The highest BCUT2D eigenvalue weighted by molar-refractivity contribution is 7.98. The molecule has 2 atom stereocenters. The predicted molar refractivity (Wildman–Crippen MR) is 117 cm³/mol. The van der Waals surface area contributed by atoms with Crippen LogP contribution in [0.15, 0.2) is 59.6 Å². The fourth-order valence-electron chi connectivity index (χ4n) is 3.72. The Balaban J connectivity index is 1.68. The van der Waals surface area contributed by atoms with Gasteiger partial charge >= 0.3 is 6.18 Å². The van der Waals surface area contributed by atoms with Gasteiger partial charge in [0.2, 0.25) is 0 Å². The normalized spacial score (nSPS) is 17.9. The summed E-state index contributed by atoms with van der Waals surface area (Å²) in [6, 6.07) is 11.5. The van der Waals surface area contributed by atoms with Crippen LogP contribution in [-0.4, -0.2) is 35.2 Å². The molecule has 4 rings (SSSR count). The predicted octanol–water partition coefficient (Wildman–Crippen LogP) is 5.53. The Kier molecular flexibility index (Phi) is 6.05. The average molecular weight is 462 g/mol. The van der Waals surface area contributed by atoms with Gasteiger partial charge in [-0.25, -0.2) is 4.68 Å². The summed E-state index contributed by atoms with van der Waals surface area (Å²) in [7, 11) is 1.52. The van der Waals surface area contributed by atoms with Crippen molar-refractivity contribution in [3.63, 3.8) is 0 Å². The second kappa shape index (κ2) is 8.78. The molecule has 3 aromatic rings. The molecule has 1 aromatic heterocycles. The van der Waals surface area contributed by atoms with Gasteiger partial charge in [0, 0.05) is 11.3 Å². The van der Waals surface area contributed by atoms with Gasteiger partial charge in [0.1, 0.15) is 17.1 Å². The summed E-state index contributed by atoms with van der Waals surface area (Å²) in [4.78, 5) is 13.8. The number of amides is 1. The Morgan fingerprint density at radius 2 is 1.94 bits per heavy atom. The zero-order valence-corrected chi connectivity index (χ0v) is 18.1. The molecule has 2 aromatic carbocycles. The Bertz CT molecular complexity index is 1120. The van der Waals surface area contributed by atoms with Crippen molar-refractivity contribution in [1.82, 2.24) is 9.78 Å². The largest absolute Gasteiger partial charge is 0.497 e. The van der Waals surface area contributed by atoms with Crippen molar-refractivity contribution in [3.8, 4) is 5.75 Å². The Hall–Kier alpha value is -3.14. The number of hydrogen-bond donors (Lipinski definition) is 2. The molecule has 2 heterocycles. The molecule has 1 aliphatic heterocycles. The second-order valence-electron chi connectivity index (χ2n) is 7.27. The highest BCUT2D eigenvalue weighted by atomic mass is 32.2. The van der Waals surface area contributed by atoms with Crippen LogP contribution in [0.25, 0.3) is 0 Å². The minimum absolute atomic E-state index is 0.0403. The number of aromatic nitrogens is 2. The molecule has 0 unspecified atom stereocenters. The van der Waals surface area contributed by atoms with E-state index in [1.54, 1.807) is 36.4 Å². The molecule has 1 amide bonds. The molecule has 0 bridgehead atoms. The van der Waals surface area contributed by atoms with Crippen molar-refractivity contribution in [2.24, 2.45) is 0 Å². The number of alkyl halides is 3. The van der Waals surface area contributed by atoms with Gasteiger partial charge in [0.05, 0.1) is 25.0 Å². The number of rotatable bonds is 5. The van der Waals surface area contributed by atoms with Crippen LogP contribution >= 0.6 is 11.8 Å². The third-order valence-electron chi connectivity index (χ3n) is 5.36. The molecule has 1 aliphatic rings. The van der Waals surface area contributed by atoms with Gasteiger partial charge in [-0.1, -0.05) is 24.3 Å². The first kappa shape index (κ1) is 22.1. The summed E-state index contributed by atoms with van der Waals surface area (Å²) < 4.78 is 47.6. The topological polar surface area (TPSA) is 68.2 Å². The number of hydrogen-bond acceptors (Lipinski definition) is 5. The van der Waals surface area contributed by atoms with Crippen LogP contribution in [-0.2, 0) is 0 Å². The van der Waals surface area contributed by atoms with Gasteiger partial charge in [-0.2, -0.15) is 18.3 Å². The number of para-hydroxylation sites is 1. The van der Waals surface area contributed by atoms with Crippen molar-refractivity contribution in [3.05, 3.63) is 65.9 Å². The standard InChI is InChI=1S/C22H21F3N4O2S/c1-31-14-9-7-13(8-10-14)17-11-19(22(23,24)25)29-20(27-17)15(12-26-29)21(30)28-16-5-3-4-6-18(16)32-2/h3-10,12,17,19,27H,11H2,1-2H3,(H,28,30)/t17-,19-/m1/s1. The van der Waals surface area contributed by atoms with Crippen LogP contribution in [0.3, 0.4) is 0 Å². The molecule has 0 saturated heterocycles. The second-order valence-corrected chi connectivity index (χ2v) is 8.12. The van der Waals surface area contributed by atoms with Crippen LogP contribution in [0.2, 0.25) is 0 Å². The van der Waals surface area contributed by atoms with Crippen molar-refractivity contribution in [2.45, 2.75) is 29.6 Å². The lowest BCUT2D eigenvalue weighted by molar-refractivity contribution is -0.173. The smallest absolute Gasteiger partial charge is 0.410 e. The summed E-state index contributed by atoms with van der Waals surface area (Å²) in [5.74, 6) is 0.115. The summed E-state index contributed by atoms with van der Waals surface area (Å²) in [6.07, 6.45) is -1.72. The molecule has 0 spiro atoms. The number of carbonyl (C=O) groups is 1.